The first-order valence-electron chi connectivity index (χ1n) is 11.4. The van der Waals surface area contributed by atoms with E-state index in [-0.39, 0.29) is 31.0 Å². The predicted octanol–water partition coefficient (Wildman–Crippen LogP) is 4.94. The maximum atomic E-state index is 12.5. The Morgan fingerprint density at radius 1 is 0.941 bits per heavy atom. The number of fused-ring (bicyclic) bond motifs is 4. The van der Waals surface area contributed by atoms with Crippen LogP contribution in [0.3, 0.4) is 0 Å². The smallest absolute Gasteiger partial charge is 0.306 e. The molecule has 1 heterocycles. The van der Waals surface area contributed by atoms with Gasteiger partial charge in [-0.2, -0.15) is 0 Å². The number of esters is 1. The van der Waals surface area contributed by atoms with Gasteiger partial charge in [0.15, 0.2) is 23.0 Å². The molecule has 0 unspecified atom stereocenters. The lowest BCUT2D eigenvalue weighted by atomic mass is 9.76. The van der Waals surface area contributed by atoms with E-state index in [0.29, 0.717) is 40.9 Å². The van der Waals surface area contributed by atoms with Crippen LogP contribution in [0.25, 0.3) is 11.1 Å². The van der Waals surface area contributed by atoms with Crippen LogP contribution in [0.15, 0.2) is 12.1 Å². The first-order valence-corrected chi connectivity index (χ1v) is 11.4. The molecule has 8 nitrogen and oxygen atoms in total. The van der Waals surface area contributed by atoms with E-state index < -0.39 is 6.10 Å². The third-order valence-corrected chi connectivity index (χ3v) is 6.79. The number of methoxy groups -OCH3 is 4. The van der Waals surface area contributed by atoms with Crippen molar-refractivity contribution in [3.05, 3.63) is 23.3 Å². The van der Waals surface area contributed by atoms with Crippen molar-refractivity contribution < 1.29 is 38.0 Å². The number of benzene rings is 2. The van der Waals surface area contributed by atoms with Crippen molar-refractivity contribution in [1.82, 2.24) is 0 Å². The van der Waals surface area contributed by atoms with Gasteiger partial charge in [-0.25, -0.2) is 0 Å². The Morgan fingerprint density at radius 2 is 1.65 bits per heavy atom. The van der Waals surface area contributed by atoms with Crippen molar-refractivity contribution in [2.75, 3.05) is 35.2 Å². The van der Waals surface area contributed by atoms with Crippen LogP contribution in [0, 0.1) is 11.8 Å². The Balaban J connectivity index is 2.14. The number of rotatable bonds is 6. The molecular formula is C26H32O8. The molecule has 2 aliphatic rings. The van der Waals surface area contributed by atoms with Crippen LogP contribution >= 0.6 is 0 Å². The van der Waals surface area contributed by atoms with Crippen molar-refractivity contribution in [1.29, 1.82) is 0 Å². The summed E-state index contributed by atoms with van der Waals surface area (Å²) in [6.07, 6.45) is 0.455. The van der Waals surface area contributed by atoms with Gasteiger partial charge >= 0.3 is 5.97 Å². The Bertz CT molecular complexity index is 1090. The minimum atomic E-state index is -0.521. The van der Waals surface area contributed by atoms with Gasteiger partial charge in [-0.15, -0.1) is 0 Å². The van der Waals surface area contributed by atoms with E-state index >= 15 is 0 Å². The number of ether oxygens (including phenoxy) is 7. The fourth-order valence-electron chi connectivity index (χ4n) is 4.86. The summed E-state index contributed by atoms with van der Waals surface area (Å²) in [6.45, 7) is 6.12. The molecule has 1 aliphatic heterocycles. The Kier molecular flexibility index (Phi) is 6.68. The second kappa shape index (κ2) is 9.52. The number of hydrogen-bond donors (Lipinski definition) is 0. The third kappa shape index (κ3) is 3.75. The van der Waals surface area contributed by atoms with Gasteiger partial charge in [0.05, 0.1) is 28.4 Å². The van der Waals surface area contributed by atoms with E-state index in [0.717, 1.165) is 22.3 Å². The van der Waals surface area contributed by atoms with Crippen LogP contribution in [0.5, 0.6) is 34.5 Å². The SMILES string of the molecule is CCC(=O)O[C@H]1c2cc3c(c(OC)c2-c2c(cc(OC)c(OC)c2OC)C[C@@H](C)[C@H]1C)OCO3. The second-order valence-electron chi connectivity index (χ2n) is 8.59. The maximum Gasteiger partial charge on any atom is 0.306 e. The van der Waals surface area contributed by atoms with E-state index in [1.54, 1.807) is 35.4 Å². The molecule has 0 saturated heterocycles. The number of hydrogen-bond acceptors (Lipinski definition) is 8. The van der Waals surface area contributed by atoms with E-state index in [2.05, 4.69) is 13.8 Å². The zero-order valence-electron chi connectivity index (χ0n) is 20.8. The zero-order chi connectivity index (χ0) is 24.6. The molecule has 0 saturated carbocycles. The van der Waals surface area contributed by atoms with Crippen molar-refractivity contribution in [3.63, 3.8) is 0 Å². The van der Waals surface area contributed by atoms with Gasteiger partial charge in [0.1, 0.15) is 6.10 Å². The second-order valence-corrected chi connectivity index (χ2v) is 8.59. The van der Waals surface area contributed by atoms with Crippen LogP contribution in [0.1, 0.15) is 44.4 Å². The van der Waals surface area contributed by atoms with Gasteiger partial charge in [0, 0.05) is 29.0 Å². The summed E-state index contributed by atoms with van der Waals surface area (Å²) < 4.78 is 40.7. The largest absolute Gasteiger partial charge is 0.493 e. The molecule has 2 aromatic rings. The van der Waals surface area contributed by atoms with Crippen LogP contribution in [-0.2, 0) is 16.0 Å². The first kappa shape index (κ1) is 23.9. The normalized spacial score (nSPS) is 20.4. The maximum absolute atomic E-state index is 12.5. The zero-order valence-corrected chi connectivity index (χ0v) is 20.8. The van der Waals surface area contributed by atoms with Gasteiger partial charge in [-0.3, -0.25) is 4.79 Å². The highest BCUT2D eigenvalue weighted by atomic mass is 16.7. The van der Waals surface area contributed by atoms with Crippen molar-refractivity contribution in [2.45, 2.75) is 39.7 Å². The molecule has 0 N–H and O–H groups in total. The molecule has 34 heavy (non-hydrogen) atoms. The van der Waals surface area contributed by atoms with Gasteiger partial charge in [0.2, 0.25) is 18.3 Å². The molecule has 0 fully saturated rings. The minimum Gasteiger partial charge on any atom is -0.493 e. The summed E-state index contributed by atoms with van der Waals surface area (Å²) in [5.74, 6) is 3.01. The van der Waals surface area contributed by atoms with Gasteiger partial charge in [-0.05, 0) is 30.0 Å². The van der Waals surface area contributed by atoms with E-state index in [1.807, 2.05) is 12.1 Å². The molecule has 3 atom stereocenters. The van der Waals surface area contributed by atoms with E-state index in [4.69, 9.17) is 33.2 Å². The lowest BCUT2D eigenvalue weighted by Gasteiger charge is -2.35. The molecule has 4 rings (SSSR count). The van der Waals surface area contributed by atoms with E-state index in [9.17, 15) is 4.79 Å². The van der Waals surface area contributed by atoms with Crippen molar-refractivity contribution in [3.8, 4) is 45.6 Å². The summed E-state index contributed by atoms with van der Waals surface area (Å²) in [5, 5.41) is 0. The van der Waals surface area contributed by atoms with Crippen molar-refractivity contribution in [2.24, 2.45) is 11.8 Å². The molecule has 1 aliphatic carbocycles. The van der Waals surface area contributed by atoms with Gasteiger partial charge in [-0.1, -0.05) is 20.8 Å². The lowest BCUT2D eigenvalue weighted by Crippen LogP contribution is -2.26. The molecule has 0 spiro atoms. The summed E-state index contributed by atoms with van der Waals surface area (Å²) in [6, 6.07) is 3.87. The molecule has 2 aromatic carbocycles. The van der Waals surface area contributed by atoms with Gasteiger partial charge < -0.3 is 33.2 Å². The Labute approximate surface area is 200 Å². The fourth-order valence-corrected chi connectivity index (χ4v) is 4.86. The highest BCUT2D eigenvalue weighted by Crippen LogP contribution is 2.58. The summed E-state index contributed by atoms with van der Waals surface area (Å²) >= 11 is 0. The van der Waals surface area contributed by atoms with Crippen LogP contribution in [0.4, 0.5) is 0 Å². The molecular weight excluding hydrogens is 440 g/mol. The molecule has 0 radical (unpaired) electrons. The highest BCUT2D eigenvalue weighted by Gasteiger charge is 2.39. The Hall–Kier alpha value is -3.29. The van der Waals surface area contributed by atoms with Crippen LogP contribution in [0.2, 0.25) is 0 Å². The van der Waals surface area contributed by atoms with Crippen molar-refractivity contribution >= 4 is 5.97 Å². The number of carbonyl (C=O) groups is 1. The summed E-state index contributed by atoms with van der Waals surface area (Å²) in [7, 11) is 6.36. The molecule has 0 aromatic heterocycles. The molecule has 0 bridgehead atoms. The standard InChI is InChI=1S/C26H32O8/c1-8-19(27)34-22-14(3)13(2)9-15-10-17(28-4)23(29-5)25(30-6)20(15)21-16(22)11-18-24(26(21)31-7)33-12-32-18/h10-11,13-14,22H,8-9,12H2,1-7H3/t13-,14-,22-/m1/s1. The average Bonchev–Trinajstić information content (AvgIpc) is 3.32. The van der Waals surface area contributed by atoms with Gasteiger partial charge in [0.25, 0.3) is 0 Å². The molecule has 0 amide bonds. The monoisotopic (exact) mass is 472 g/mol. The average molecular weight is 473 g/mol. The quantitative estimate of drug-likeness (QED) is 0.547. The number of carbonyl (C=O) groups excluding carboxylic acids is 1. The summed E-state index contributed by atoms with van der Waals surface area (Å²) in [5.41, 5.74) is 3.30. The third-order valence-electron chi connectivity index (χ3n) is 6.79. The minimum absolute atomic E-state index is 0.00608. The molecule has 184 valence electrons. The topological polar surface area (TPSA) is 81.7 Å². The lowest BCUT2D eigenvalue weighted by molar-refractivity contribution is -0.152. The Morgan fingerprint density at radius 3 is 2.26 bits per heavy atom. The first-order chi connectivity index (χ1) is 16.4. The molecule has 8 heteroatoms. The summed E-state index contributed by atoms with van der Waals surface area (Å²) in [4.78, 5) is 12.5. The fraction of sp³-hybridized carbons (Fsp3) is 0.500. The van der Waals surface area contributed by atoms with Crippen LogP contribution < -0.4 is 28.4 Å². The van der Waals surface area contributed by atoms with Crippen LogP contribution in [-0.4, -0.2) is 41.2 Å². The predicted molar refractivity (Wildman–Crippen MR) is 125 cm³/mol. The van der Waals surface area contributed by atoms with E-state index in [1.165, 1.54) is 0 Å². The highest BCUT2D eigenvalue weighted by molar-refractivity contribution is 5.89.